The first-order valence-electron chi connectivity index (χ1n) is 10.1. The molecular weight excluding hydrogens is 383 g/mol. The highest BCUT2D eigenvalue weighted by Crippen LogP contribution is 2.22. The van der Waals surface area contributed by atoms with Crippen molar-refractivity contribution in [3.63, 3.8) is 0 Å². The first-order chi connectivity index (χ1) is 13.9. The molecule has 0 amide bonds. The zero-order chi connectivity index (χ0) is 20.9. The Bertz CT molecular complexity index is 672. The van der Waals surface area contributed by atoms with Crippen LogP contribution in [0.4, 0.5) is 18.9 Å². The lowest BCUT2D eigenvalue weighted by atomic mass is 10.2. The van der Waals surface area contributed by atoms with E-state index >= 15 is 0 Å². The number of methoxy groups -OCH3 is 1. The molecule has 0 bridgehead atoms. The number of nitrogens with zero attached hydrogens (tertiary/aromatic N) is 4. The molecule has 2 saturated heterocycles. The molecule has 1 aromatic carbocycles. The van der Waals surface area contributed by atoms with Crippen LogP contribution < -0.4 is 15.0 Å². The maximum atomic E-state index is 12.6. The van der Waals surface area contributed by atoms with E-state index in [-0.39, 0.29) is 6.04 Å². The van der Waals surface area contributed by atoms with E-state index in [1.165, 1.54) is 4.90 Å². The van der Waals surface area contributed by atoms with E-state index in [0.29, 0.717) is 26.1 Å². The molecule has 29 heavy (non-hydrogen) atoms. The van der Waals surface area contributed by atoms with Crippen molar-refractivity contribution in [3.8, 4) is 5.75 Å². The number of ether oxygens (including phenoxy) is 1. The first kappa shape index (κ1) is 21.5. The highest BCUT2D eigenvalue weighted by molar-refractivity contribution is 5.80. The van der Waals surface area contributed by atoms with Crippen LogP contribution in [0.25, 0.3) is 0 Å². The summed E-state index contributed by atoms with van der Waals surface area (Å²) in [5.41, 5.74) is 1.16. The second kappa shape index (κ2) is 9.56. The number of benzene rings is 1. The summed E-state index contributed by atoms with van der Waals surface area (Å²) in [4.78, 5) is 10.6. The Morgan fingerprint density at radius 2 is 1.83 bits per heavy atom. The van der Waals surface area contributed by atoms with Gasteiger partial charge < -0.3 is 19.9 Å². The van der Waals surface area contributed by atoms with Gasteiger partial charge in [0.05, 0.1) is 13.7 Å². The molecule has 0 radical (unpaired) electrons. The average Bonchev–Trinajstić information content (AvgIpc) is 3.13. The summed E-state index contributed by atoms with van der Waals surface area (Å²) in [6.45, 7) is 5.98. The summed E-state index contributed by atoms with van der Waals surface area (Å²) >= 11 is 0. The van der Waals surface area contributed by atoms with Gasteiger partial charge in [0.1, 0.15) is 5.75 Å². The van der Waals surface area contributed by atoms with Gasteiger partial charge in [-0.25, -0.2) is 0 Å². The third-order valence-electron chi connectivity index (χ3n) is 5.33. The van der Waals surface area contributed by atoms with E-state index in [2.05, 4.69) is 32.2 Å². The average molecular weight is 413 g/mol. The van der Waals surface area contributed by atoms with Gasteiger partial charge in [-0.3, -0.25) is 9.89 Å². The summed E-state index contributed by atoms with van der Waals surface area (Å²) in [5, 5.41) is 3.40. The minimum absolute atomic E-state index is 0.00210. The third kappa shape index (κ3) is 6.16. The molecule has 2 heterocycles. The number of aliphatic imine (C=N–C) groups is 1. The van der Waals surface area contributed by atoms with Gasteiger partial charge in [0.15, 0.2) is 5.96 Å². The Morgan fingerprint density at radius 3 is 2.41 bits per heavy atom. The highest BCUT2D eigenvalue weighted by Gasteiger charge is 2.35. The number of piperazine rings is 1. The number of hydrogen-bond acceptors (Lipinski definition) is 4. The second-order valence-corrected chi connectivity index (χ2v) is 7.45. The molecule has 1 unspecified atom stereocenters. The lowest BCUT2D eigenvalue weighted by Gasteiger charge is -2.38. The Labute approximate surface area is 170 Å². The number of halogens is 3. The monoisotopic (exact) mass is 413 g/mol. The van der Waals surface area contributed by atoms with E-state index in [9.17, 15) is 13.2 Å². The standard InChI is InChI=1S/C20H30F3N5O/c1-3-24-19(25-16-8-9-26(14-16)15-20(21,22)23)28-12-10-27(11-13-28)17-4-6-18(29-2)7-5-17/h4-7,16H,3,8-15H2,1-2H3,(H,24,25). The van der Waals surface area contributed by atoms with Crippen LogP contribution in [0.3, 0.4) is 0 Å². The van der Waals surface area contributed by atoms with Crippen molar-refractivity contribution in [1.29, 1.82) is 0 Å². The van der Waals surface area contributed by atoms with E-state index < -0.39 is 12.7 Å². The van der Waals surface area contributed by atoms with Gasteiger partial charge in [-0.05, 0) is 37.6 Å². The molecular formula is C20H30F3N5O. The first-order valence-corrected chi connectivity index (χ1v) is 10.1. The minimum Gasteiger partial charge on any atom is -0.497 e. The molecule has 6 nitrogen and oxygen atoms in total. The van der Waals surface area contributed by atoms with E-state index in [0.717, 1.165) is 43.6 Å². The van der Waals surface area contributed by atoms with Gasteiger partial charge >= 0.3 is 6.18 Å². The fourth-order valence-electron chi connectivity index (χ4n) is 3.89. The van der Waals surface area contributed by atoms with E-state index in [1.807, 2.05) is 19.1 Å². The molecule has 0 aromatic heterocycles. The topological polar surface area (TPSA) is 43.3 Å². The summed E-state index contributed by atoms with van der Waals surface area (Å²) in [5.74, 6) is 1.64. The molecule has 1 aromatic rings. The molecule has 2 aliphatic heterocycles. The smallest absolute Gasteiger partial charge is 0.401 e. The maximum Gasteiger partial charge on any atom is 0.401 e. The summed E-state index contributed by atoms with van der Waals surface area (Å²) in [6.07, 6.45) is -3.45. The number of hydrogen-bond donors (Lipinski definition) is 1. The Morgan fingerprint density at radius 1 is 1.14 bits per heavy atom. The fraction of sp³-hybridized carbons (Fsp3) is 0.650. The Kier molecular flexibility index (Phi) is 7.10. The fourth-order valence-corrected chi connectivity index (χ4v) is 3.89. The van der Waals surface area contributed by atoms with Crippen molar-refractivity contribution in [1.82, 2.24) is 15.1 Å². The highest BCUT2D eigenvalue weighted by atomic mass is 19.4. The zero-order valence-corrected chi connectivity index (χ0v) is 17.1. The van der Waals surface area contributed by atoms with Crippen LogP contribution in [-0.2, 0) is 0 Å². The molecule has 0 saturated carbocycles. The van der Waals surface area contributed by atoms with Crippen LogP contribution in [0.2, 0.25) is 0 Å². The van der Waals surface area contributed by atoms with Crippen molar-refractivity contribution < 1.29 is 17.9 Å². The van der Waals surface area contributed by atoms with Gasteiger partial charge in [-0.1, -0.05) is 0 Å². The molecule has 1 atom stereocenters. The largest absolute Gasteiger partial charge is 0.497 e. The molecule has 0 aliphatic carbocycles. The summed E-state index contributed by atoms with van der Waals surface area (Å²) < 4.78 is 43.1. The van der Waals surface area contributed by atoms with Crippen LogP contribution in [-0.4, -0.2) is 87.4 Å². The SMILES string of the molecule is CCN=C(NC1CCN(CC(F)(F)F)C1)N1CCN(c2ccc(OC)cc2)CC1. The van der Waals surface area contributed by atoms with Crippen molar-refractivity contribution >= 4 is 11.6 Å². The van der Waals surface area contributed by atoms with Crippen molar-refractivity contribution in [2.24, 2.45) is 4.99 Å². The molecule has 2 fully saturated rings. The Hall–Kier alpha value is -2.16. The maximum absolute atomic E-state index is 12.6. The van der Waals surface area contributed by atoms with Gasteiger partial charge in [0.25, 0.3) is 0 Å². The lowest BCUT2D eigenvalue weighted by Crippen LogP contribution is -2.54. The van der Waals surface area contributed by atoms with Crippen molar-refractivity contribution in [2.45, 2.75) is 25.6 Å². The van der Waals surface area contributed by atoms with Crippen molar-refractivity contribution in [2.75, 3.05) is 64.4 Å². The quantitative estimate of drug-likeness (QED) is 0.593. The van der Waals surface area contributed by atoms with E-state index in [4.69, 9.17) is 4.74 Å². The molecule has 3 rings (SSSR count). The predicted molar refractivity (Wildman–Crippen MR) is 109 cm³/mol. The number of rotatable bonds is 5. The van der Waals surface area contributed by atoms with Crippen LogP contribution in [0, 0.1) is 0 Å². The number of likely N-dealkylation sites (tertiary alicyclic amines) is 1. The van der Waals surface area contributed by atoms with Gasteiger partial charge in [0, 0.05) is 57.5 Å². The molecule has 1 N–H and O–H groups in total. The van der Waals surface area contributed by atoms with Crippen LogP contribution >= 0.6 is 0 Å². The number of alkyl halides is 3. The van der Waals surface area contributed by atoms with Gasteiger partial charge in [-0.2, -0.15) is 13.2 Å². The van der Waals surface area contributed by atoms with Crippen molar-refractivity contribution in [3.05, 3.63) is 24.3 Å². The molecule has 162 valence electrons. The van der Waals surface area contributed by atoms with Crippen LogP contribution in [0.1, 0.15) is 13.3 Å². The predicted octanol–water partition coefficient (Wildman–Crippen LogP) is 2.42. The van der Waals surface area contributed by atoms with Crippen LogP contribution in [0.15, 0.2) is 29.3 Å². The number of nitrogens with one attached hydrogen (secondary N) is 1. The second-order valence-electron chi connectivity index (χ2n) is 7.45. The number of guanidine groups is 1. The number of anilines is 1. The van der Waals surface area contributed by atoms with E-state index in [1.54, 1.807) is 7.11 Å². The van der Waals surface area contributed by atoms with Crippen LogP contribution in [0.5, 0.6) is 5.75 Å². The van der Waals surface area contributed by atoms with Gasteiger partial charge in [0.2, 0.25) is 0 Å². The molecule has 0 spiro atoms. The summed E-state index contributed by atoms with van der Waals surface area (Å²) in [7, 11) is 1.65. The lowest BCUT2D eigenvalue weighted by molar-refractivity contribution is -0.143. The van der Waals surface area contributed by atoms with Gasteiger partial charge in [-0.15, -0.1) is 0 Å². The normalized spacial score (nSPS) is 21.6. The summed E-state index contributed by atoms with van der Waals surface area (Å²) in [6, 6.07) is 8.03. The Balaban J connectivity index is 1.52. The molecule has 9 heteroatoms. The third-order valence-corrected chi connectivity index (χ3v) is 5.33. The molecule has 2 aliphatic rings. The minimum atomic E-state index is -4.15. The zero-order valence-electron chi connectivity index (χ0n) is 17.1.